The van der Waals surface area contributed by atoms with E-state index in [0.29, 0.717) is 11.8 Å². The largest absolute Gasteiger partial charge is 0.341 e. The van der Waals surface area contributed by atoms with Gasteiger partial charge >= 0.3 is 0 Å². The van der Waals surface area contributed by atoms with Crippen molar-refractivity contribution in [3.8, 4) is 0 Å². The van der Waals surface area contributed by atoms with Crippen LogP contribution in [0.2, 0.25) is 0 Å². The van der Waals surface area contributed by atoms with Gasteiger partial charge in [-0.3, -0.25) is 9.69 Å². The van der Waals surface area contributed by atoms with Crippen LogP contribution in [0.15, 0.2) is 18.2 Å². The number of carbonyl (C=O) groups is 1. The van der Waals surface area contributed by atoms with Crippen molar-refractivity contribution in [2.24, 2.45) is 5.92 Å². The molecule has 0 radical (unpaired) electrons. The minimum Gasteiger partial charge on any atom is -0.341 e. The van der Waals surface area contributed by atoms with Crippen LogP contribution < -0.4 is 0 Å². The molecule has 0 bridgehead atoms. The summed E-state index contributed by atoms with van der Waals surface area (Å²) in [5, 5.41) is 0. The van der Waals surface area contributed by atoms with Crippen LogP contribution in [0, 0.1) is 19.8 Å². The molecule has 0 spiro atoms. The van der Waals surface area contributed by atoms with Gasteiger partial charge in [-0.25, -0.2) is 0 Å². The topological polar surface area (TPSA) is 23.6 Å². The first-order valence-electron chi connectivity index (χ1n) is 9.21. The lowest BCUT2D eigenvalue weighted by atomic mass is 10.1. The second kappa shape index (κ2) is 7.48. The molecule has 1 aromatic rings. The van der Waals surface area contributed by atoms with Gasteiger partial charge in [-0.05, 0) is 49.8 Å². The lowest BCUT2D eigenvalue weighted by molar-refractivity contribution is -0.135. The lowest BCUT2D eigenvalue weighted by Gasteiger charge is -2.24. The number of nitrogens with zero attached hydrogens (tertiary/aromatic N) is 2. The second-order valence-corrected chi connectivity index (χ2v) is 7.35. The van der Waals surface area contributed by atoms with E-state index in [1.165, 1.54) is 29.5 Å². The van der Waals surface area contributed by atoms with Gasteiger partial charge in [-0.1, -0.05) is 31.0 Å². The molecule has 1 saturated carbocycles. The van der Waals surface area contributed by atoms with Crippen LogP contribution in [0.3, 0.4) is 0 Å². The summed E-state index contributed by atoms with van der Waals surface area (Å²) in [6.07, 6.45) is 5.80. The summed E-state index contributed by atoms with van der Waals surface area (Å²) in [5.41, 5.74) is 4.12. The van der Waals surface area contributed by atoms with Crippen molar-refractivity contribution < 1.29 is 4.79 Å². The number of carbonyl (C=O) groups excluding carboxylic acids is 1. The quantitative estimate of drug-likeness (QED) is 0.852. The zero-order valence-electron chi connectivity index (χ0n) is 14.7. The molecule has 23 heavy (non-hydrogen) atoms. The fourth-order valence-corrected chi connectivity index (χ4v) is 3.94. The predicted octanol–water partition coefficient (Wildman–Crippen LogP) is 3.53. The summed E-state index contributed by atoms with van der Waals surface area (Å²) in [6, 6.07) is 6.77. The number of benzene rings is 1. The van der Waals surface area contributed by atoms with Crippen LogP contribution in [0.1, 0.15) is 48.8 Å². The first-order valence-corrected chi connectivity index (χ1v) is 9.21. The third-order valence-corrected chi connectivity index (χ3v) is 5.58. The maximum absolute atomic E-state index is 12.6. The summed E-state index contributed by atoms with van der Waals surface area (Å²) in [7, 11) is 0. The fraction of sp³-hybridized carbons (Fsp3) is 0.650. The molecule has 0 N–H and O–H groups in total. The van der Waals surface area contributed by atoms with Gasteiger partial charge in [0.1, 0.15) is 0 Å². The van der Waals surface area contributed by atoms with Crippen LogP contribution in [-0.2, 0) is 11.3 Å². The molecule has 1 heterocycles. The SMILES string of the molecule is Cc1ccc(CN2CCCN(C(=O)C3CCCC3)CC2)cc1C. The molecule has 0 unspecified atom stereocenters. The number of aryl methyl sites for hydroxylation is 2. The fourth-order valence-electron chi connectivity index (χ4n) is 3.94. The van der Waals surface area contributed by atoms with E-state index in [1.54, 1.807) is 0 Å². The van der Waals surface area contributed by atoms with Crippen LogP contribution in [0.5, 0.6) is 0 Å². The van der Waals surface area contributed by atoms with E-state index in [-0.39, 0.29) is 0 Å². The highest BCUT2D eigenvalue weighted by Gasteiger charge is 2.28. The van der Waals surface area contributed by atoms with E-state index in [0.717, 1.165) is 52.0 Å². The van der Waals surface area contributed by atoms with Crippen molar-refractivity contribution in [3.05, 3.63) is 34.9 Å². The molecule has 0 atom stereocenters. The normalized spacial score (nSPS) is 20.7. The number of hydrogen-bond donors (Lipinski definition) is 0. The van der Waals surface area contributed by atoms with E-state index in [9.17, 15) is 4.79 Å². The van der Waals surface area contributed by atoms with Gasteiger partial charge in [0.2, 0.25) is 5.91 Å². The van der Waals surface area contributed by atoms with Crippen molar-refractivity contribution in [1.29, 1.82) is 0 Å². The molecule has 1 saturated heterocycles. The zero-order chi connectivity index (χ0) is 16.2. The average Bonchev–Trinajstić information content (AvgIpc) is 2.98. The van der Waals surface area contributed by atoms with Gasteiger partial charge in [0.05, 0.1) is 0 Å². The highest BCUT2D eigenvalue weighted by Crippen LogP contribution is 2.27. The Morgan fingerprint density at radius 2 is 1.78 bits per heavy atom. The Balaban J connectivity index is 1.55. The maximum Gasteiger partial charge on any atom is 0.225 e. The van der Waals surface area contributed by atoms with E-state index in [4.69, 9.17) is 0 Å². The Kier molecular flexibility index (Phi) is 5.37. The second-order valence-electron chi connectivity index (χ2n) is 7.35. The molecule has 3 heteroatoms. The Morgan fingerprint density at radius 3 is 2.52 bits per heavy atom. The Hall–Kier alpha value is -1.35. The molecular formula is C20H30N2O. The average molecular weight is 314 g/mol. The molecule has 1 amide bonds. The molecule has 0 aromatic heterocycles. The highest BCUT2D eigenvalue weighted by molar-refractivity contribution is 5.79. The molecule has 2 fully saturated rings. The molecule has 1 aromatic carbocycles. The predicted molar refractivity (Wildman–Crippen MR) is 94.3 cm³/mol. The lowest BCUT2D eigenvalue weighted by Crippen LogP contribution is -2.38. The van der Waals surface area contributed by atoms with Crippen molar-refractivity contribution in [2.75, 3.05) is 26.2 Å². The summed E-state index contributed by atoms with van der Waals surface area (Å²) < 4.78 is 0. The first-order chi connectivity index (χ1) is 11.1. The molecule has 2 aliphatic rings. The van der Waals surface area contributed by atoms with Crippen LogP contribution in [-0.4, -0.2) is 41.9 Å². The molecule has 3 nitrogen and oxygen atoms in total. The van der Waals surface area contributed by atoms with Crippen molar-refractivity contribution in [3.63, 3.8) is 0 Å². The summed E-state index contributed by atoms with van der Waals surface area (Å²) in [5.74, 6) is 0.747. The number of hydrogen-bond acceptors (Lipinski definition) is 2. The van der Waals surface area contributed by atoms with Gasteiger partial charge in [0.25, 0.3) is 0 Å². The molecular weight excluding hydrogens is 284 g/mol. The minimum atomic E-state index is 0.321. The summed E-state index contributed by atoms with van der Waals surface area (Å²) in [6.45, 7) is 9.30. The number of rotatable bonds is 3. The summed E-state index contributed by atoms with van der Waals surface area (Å²) in [4.78, 5) is 17.2. The minimum absolute atomic E-state index is 0.321. The van der Waals surface area contributed by atoms with Crippen molar-refractivity contribution >= 4 is 5.91 Å². The van der Waals surface area contributed by atoms with E-state index in [2.05, 4.69) is 41.8 Å². The van der Waals surface area contributed by atoms with Crippen LogP contribution >= 0.6 is 0 Å². The molecule has 3 rings (SSSR count). The smallest absolute Gasteiger partial charge is 0.225 e. The molecule has 1 aliphatic heterocycles. The van der Waals surface area contributed by atoms with Crippen LogP contribution in [0.4, 0.5) is 0 Å². The summed E-state index contributed by atoms with van der Waals surface area (Å²) >= 11 is 0. The Labute approximate surface area is 140 Å². The van der Waals surface area contributed by atoms with Gasteiger partial charge in [-0.15, -0.1) is 0 Å². The first kappa shape index (κ1) is 16.5. The number of amides is 1. The van der Waals surface area contributed by atoms with E-state index < -0.39 is 0 Å². The standard InChI is InChI=1S/C20H30N2O/c1-16-8-9-18(14-17(16)2)15-21-10-5-11-22(13-12-21)20(23)19-6-3-4-7-19/h8-9,14,19H,3-7,10-13,15H2,1-2H3. The highest BCUT2D eigenvalue weighted by atomic mass is 16.2. The van der Waals surface area contributed by atoms with Crippen molar-refractivity contribution in [1.82, 2.24) is 9.80 Å². The third kappa shape index (κ3) is 4.14. The van der Waals surface area contributed by atoms with E-state index in [1.807, 2.05) is 0 Å². The van der Waals surface area contributed by atoms with Gasteiger partial charge in [0.15, 0.2) is 0 Å². The van der Waals surface area contributed by atoms with Crippen LogP contribution in [0.25, 0.3) is 0 Å². The maximum atomic E-state index is 12.6. The monoisotopic (exact) mass is 314 g/mol. The van der Waals surface area contributed by atoms with Gasteiger partial charge < -0.3 is 4.90 Å². The molecule has 1 aliphatic carbocycles. The third-order valence-electron chi connectivity index (χ3n) is 5.58. The Bertz CT molecular complexity index is 549. The van der Waals surface area contributed by atoms with Crippen molar-refractivity contribution in [2.45, 2.75) is 52.5 Å². The van der Waals surface area contributed by atoms with Gasteiger partial charge in [0, 0.05) is 38.6 Å². The van der Waals surface area contributed by atoms with Gasteiger partial charge in [-0.2, -0.15) is 0 Å². The Morgan fingerprint density at radius 1 is 1.00 bits per heavy atom. The zero-order valence-corrected chi connectivity index (χ0v) is 14.7. The van der Waals surface area contributed by atoms with E-state index >= 15 is 0 Å². The molecule has 126 valence electrons.